The van der Waals surface area contributed by atoms with Crippen LogP contribution in [0.5, 0.6) is 0 Å². The average Bonchev–Trinajstić information content (AvgIpc) is 3.02. The Kier molecular flexibility index (Phi) is 7.10. The van der Waals surface area contributed by atoms with Gasteiger partial charge in [0.05, 0.1) is 11.2 Å². The Labute approximate surface area is 141 Å². The highest BCUT2D eigenvalue weighted by atomic mass is 35.5. The molecule has 0 fully saturated rings. The Hall–Kier alpha value is -1.85. The van der Waals surface area contributed by atoms with Crippen LogP contribution in [0.25, 0.3) is 11.3 Å². The van der Waals surface area contributed by atoms with E-state index in [1.807, 2.05) is 18.2 Å². The Morgan fingerprint density at radius 3 is 2.87 bits per heavy atom. The topological polar surface area (TPSA) is 67.2 Å². The van der Waals surface area contributed by atoms with Crippen LogP contribution in [0.4, 0.5) is 0 Å². The van der Waals surface area contributed by atoms with Crippen LogP contribution in [0.2, 0.25) is 5.02 Å². The van der Waals surface area contributed by atoms with Crippen LogP contribution in [-0.2, 0) is 11.2 Å². The molecule has 0 atom stereocenters. The van der Waals surface area contributed by atoms with E-state index in [0.717, 1.165) is 25.1 Å². The second kappa shape index (κ2) is 9.33. The molecule has 0 bridgehead atoms. The lowest BCUT2D eigenvalue weighted by Crippen LogP contribution is -2.32. The highest BCUT2D eigenvalue weighted by Crippen LogP contribution is 2.28. The Balaban J connectivity index is 1.77. The maximum absolute atomic E-state index is 11.8. The van der Waals surface area contributed by atoms with Gasteiger partial charge in [-0.2, -0.15) is 0 Å². The predicted octanol–water partition coefficient (Wildman–Crippen LogP) is 3.04. The first-order chi connectivity index (χ1) is 11.2. The Bertz CT molecular complexity index is 628. The van der Waals surface area contributed by atoms with Crippen LogP contribution in [0.3, 0.4) is 0 Å². The van der Waals surface area contributed by atoms with Crippen molar-refractivity contribution >= 4 is 17.5 Å². The fourth-order valence-electron chi connectivity index (χ4n) is 2.11. The van der Waals surface area contributed by atoms with Crippen LogP contribution in [0, 0.1) is 0 Å². The van der Waals surface area contributed by atoms with Gasteiger partial charge in [0.15, 0.2) is 11.7 Å². The van der Waals surface area contributed by atoms with E-state index in [2.05, 4.69) is 22.5 Å². The molecule has 0 saturated heterocycles. The number of carbonyl (C=O) groups excluding carboxylic acids is 1. The van der Waals surface area contributed by atoms with Gasteiger partial charge < -0.3 is 15.1 Å². The molecular weight excluding hydrogens is 314 g/mol. The number of aryl methyl sites for hydroxylation is 1. The summed E-state index contributed by atoms with van der Waals surface area (Å²) >= 11 is 6.13. The van der Waals surface area contributed by atoms with E-state index in [0.29, 0.717) is 36.1 Å². The number of carbonyl (C=O) groups is 1. The van der Waals surface area contributed by atoms with Crippen molar-refractivity contribution in [3.63, 3.8) is 0 Å². The minimum Gasteiger partial charge on any atom is -0.441 e. The first-order valence-corrected chi connectivity index (χ1v) is 8.25. The highest BCUT2D eigenvalue weighted by molar-refractivity contribution is 6.33. The fraction of sp³-hybridized carbons (Fsp3) is 0.412. The van der Waals surface area contributed by atoms with Crippen molar-refractivity contribution in [1.82, 2.24) is 15.6 Å². The van der Waals surface area contributed by atoms with Gasteiger partial charge in [0.1, 0.15) is 0 Å². The number of aromatic nitrogens is 1. The number of halogens is 1. The second-order valence-electron chi connectivity index (χ2n) is 5.20. The van der Waals surface area contributed by atoms with E-state index in [9.17, 15) is 4.79 Å². The molecule has 0 radical (unpaired) electrons. The van der Waals surface area contributed by atoms with Gasteiger partial charge in [-0.15, -0.1) is 0 Å². The molecule has 0 saturated carbocycles. The van der Waals surface area contributed by atoms with E-state index in [4.69, 9.17) is 16.0 Å². The van der Waals surface area contributed by atoms with Crippen LogP contribution in [-0.4, -0.2) is 30.5 Å². The van der Waals surface area contributed by atoms with Crippen LogP contribution in [0.1, 0.15) is 25.7 Å². The van der Waals surface area contributed by atoms with Gasteiger partial charge in [0.25, 0.3) is 0 Å². The molecule has 23 heavy (non-hydrogen) atoms. The van der Waals surface area contributed by atoms with E-state index in [1.54, 1.807) is 12.3 Å². The van der Waals surface area contributed by atoms with Crippen molar-refractivity contribution in [2.75, 3.05) is 19.6 Å². The molecule has 124 valence electrons. The lowest BCUT2D eigenvalue weighted by atomic mass is 10.2. The minimum atomic E-state index is 0.000733. The molecule has 2 N–H and O–H groups in total. The third-order valence-electron chi connectivity index (χ3n) is 3.31. The van der Waals surface area contributed by atoms with E-state index in [-0.39, 0.29) is 5.91 Å². The Morgan fingerprint density at radius 1 is 1.26 bits per heavy atom. The smallest absolute Gasteiger partial charge is 0.220 e. The number of oxazole rings is 1. The standard InChI is InChI=1S/C17H22ClN3O2/c1-2-9-19-10-11-20-16(22)7-8-17-21-12-15(23-17)13-5-3-4-6-14(13)18/h3-6,12,19H,2,7-11H2,1H3,(H,20,22). The maximum atomic E-state index is 11.8. The van der Waals surface area contributed by atoms with Crippen molar-refractivity contribution in [3.05, 3.63) is 41.4 Å². The predicted molar refractivity (Wildman–Crippen MR) is 91.4 cm³/mol. The Morgan fingerprint density at radius 2 is 2.09 bits per heavy atom. The summed E-state index contributed by atoms with van der Waals surface area (Å²) in [6, 6.07) is 7.44. The largest absolute Gasteiger partial charge is 0.441 e. The summed E-state index contributed by atoms with van der Waals surface area (Å²) in [5, 5.41) is 6.72. The molecule has 6 heteroatoms. The molecule has 1 aromatic carbocycles. The normalized spacial score (nSPS) is 10.7. The summed E-state index contributed by atoms with van der Waals surface area (Å²) < 4.78 is 5.67. The highest BCUT2D eigenvalue weighted by Gasteiger charge is 2.10. The maximum Gasteiger partial charge on any atom is 0.220 e. The monoisotopic (exact) mass is 335 g/mol. The fourth-order valence-corrected chi connectivity index (χ4v) is 2.34. The molecule has 2 rings (SSSR count). The zero-order chi connectivity index (χ0) is 16.5. The van der Waals surface area contributed by atoms with Gasteiger partial charge in [-0.05, 0) is 25.1 Å². The SMILES string of the molecule is CCCNCCNC(=O)CCc1ncc(-c2ccccc2Cl)o1. The van der Waals surface area contributed by atoms with E-state index < -0.39 is 0 Å². The summed E-state index contributed by atoms with van der Waals surface area (Å²) in [4.78, 5) is 16.0. The van der Waals surface area contributed by atoms with Crippen molar-refractivity contribution < 1.29 is 9.21 Å². The second-order valence-corrected chi connectivity index (χ2v) is 5.61. The van der Waals surface area contributed by atoms with Gasteiger partial charge in [0.2, 0.25) is 5.91 Å². The average molecular weight is 336 g/mol. The van der Waals surface area contributed by atoms with Gasteiger partial charge >= 0.3 is 0 Å². The molecule has 1 amide bonds. The van der Waals surface area contributed by atoms with E-state index >= 15 is 0 Å². The number of benzene rings is 1. The zero-order valence-corrected chi connectivity index (χ0v) is 14.0. The zero-order valence-electron chi connectivity index (χ0n) is 13.3. The molecule has 0 aliphatic heterocycles. The number of hydrogen-bond donors (Lipinski definition) is 2. The van der Waals surface area contributed by atoms with E-state index in [1.165, 1.54) is 0 Å². The molecule has 2 aromatic rings. The van der Waals surface area contributed by atoms with Gasteiger partial charge in [-0.25, -0.2) is 4.98 Å². The lowest BCUT2D eigenvalue weighted by molar-refractivity contribution is -0.121. The first-order valence-electron chi connectivity index (χ1n) is 7.87. The van der Waals surface area contributed by atoms with Gasteiger partial charge in [0, 0.05) is 31.5 Å². The lowest BCUT2D eigenvalue weighted by Gasteiger charge is -2.05. The molecule has 1 aromatic heterocycles. The number of rotatable bonds is 9. The molecule has 0 aliphatic rings. The molecule has 0 aliphatic carbocycles. The van der Waals surface area contributed by atoms with Crippen molar-refractivity contribution in [3.8, 4) is 11.3 Å². The third-order valence-corrected chi connectivity index (χ3v) is 3.64. The molecule has 0 spiro atoms. The first kappa shape index (κ1) is 17.5. The minimum absolute atomic E-state index is 0.000733. The van der Waals surface area contributed by atoms with Crippen molar-refractivity contribution in [1.29, 1.82) is 0 Å². The van der Waals surface area contributed by atoms with Crippen LogP contribution >= 0.6 is 11.6 Å². The van der Waals surface area contributed by atoms with Crippen LogP contribution in [0.15, 0.2) is 34.9 Å². The number of nitrogens with one attached hydrogen (secondary N) is 2. The molecule has 5 nitrogen and oxygen atoms in total. The van der Waals surface area contributed by atoms with Gasteiger partial charge in [-0.1, -0.05) is 30.7 Å². The summed E-state index contributed by atoms with van der Waals surface area (Å²) in [5.74, 6) is 1.16. The summed E-state index contributed by atoms with van der Waals surface area (Å²) in [5.41, 5.74) is 0.805. The number of hydrogen-bond acceptors (Lipinski definition) is 4. The number of amides is 1. The van der Waals surface area contributed by atoms with Crippen LogP contribution < -0.4 is 10.6 Å². The summed E-state index contributed by atoms with van der Waals surface area (Å²) in [6.07, 6.45) is 3.56. The van der Waals surface area contributed by atoms with Crippen molar-refractivity contribution in [2.45, 2.75) is 26.2 Å². The molecule has 0 unspecified atom stereocenters. The number of nitrogens with zero attached hydrogens (tertiary/aromatic N) is 1. The van der Waals surface area contributed by atoms with Gasteiger partial charge in [-0.3, -0.25) is 4.79 Å². The molecule has 1 heterocycles. The van der Waals surface area contributed by atoms with Crippen molar-refractivity contribution in [2.24, 2.45) is 0 Å². The summed E-state index contributed by atoms with van der Waals surface area (Å²) in [7, 11) is 0. The molecular formula is C17H22ClN3O2. The quantitative estimate of drug-likeness (QED) is 0.691. The summed E-state index contributed by atoms with van der Waals surface area (Å²) in [6.45, 7) is 4.50. The third kappa shape index (κ3) is 5.69.